The van der Waals surface area contributed by atoms with Gasteiger partial charge >= 0.3 is 6.18 Å². The smallest absolute Gasteiger partial charge is 0.408 e. The Balaban J connectivity index is 0.00000200. The van der Waals surface area contributed by atoms with Crippen LogP contribution in [0.1, 0.15) is 11.6 Å². The number of alkyl halides is 3. The predicted molar refractivity (Wildman–Crippen MR) is 77.5 cm³/mol. The van der Waals surface area contributed by atoms with Crippen molar-refractivity contribution in [1.82, 2.24) is 10.2 Å². The van der Waals surface area contributed by atoms with Crippen LogP contribution in [0.25, 0.3) is 0 Å². The molecule has 0 unspecified atom stereocenters. The lowest BCUT2D eigenvalue weighted by Crippen LogP contribution is -2.49. The van der Waals surface area contributed by atoms with Gasteiger partial charge in [-0.1, -0.05) is 0 Å². The maximum Gasteiger partial charge on any atom is 0.408 e. The van der Waals surface area contributed by atoms with Crippen LogP contribution in [0.4, 0.5) is 13.2 Å². The third kappa shape index (κ3) is 4.81. The Morgan fingerprint density at radius 3 is 2.19 bits per heavy atom. The molecule has 4 nitrogen and oxygen atoms in total. The summed E-state index contributed by atoms with van der Waals surface area (Å²) in [5.74, 6) is -0.754. The Morgan fingerprint density at radius 1 is 1.10 bits per heavy atom. The van der Waals surface area contributed by atoms with Crippen molar-refractivity contribution in [1.29, 1.82) is 0 Å². The average Bonchev–Trinajstić information content (AvgIpc) is 2.33. The lowest BCUT2D eigenvalue weighted by atomic mass is 10.0. The summed E-state index contributed by atoms with van der Waals surface area (Å²) < 4.78 is 39.7. The first kappa shape index (κ1) is 20.1. The Labute approximate surface area is 132 Å². The quantitative estimate of drug-likeness (QED) is 0.718. The second-order valence-corrected chi connectivity index (χ2v) is 4.47. The summed E-state index contributed by atoms with van der Waals surface area (Å²) in [5.41, 5.74) is -0.311. The number of phenolic OH excluding ortho intramolecular Hbond substituents is 2. The van der Waals surface area contributed by atoms with Crippen LogP contribution in [0.5, 0.6) is 11.5 Å². The molecule has 122 valence electrons. The molecular weight excluding hydrogens is 332 g/mol. The van der Waals surface area contributed by atoms with Crippen LogP contribution in [-0.4, -0.2) is 47.5 Å². The topological polar surface area (TPSA) is 55.7 Å². The van der Waals surface area contributed by atoms with Crippen molar-refractivity contribution in [3.05, 3.63) is 23.8 Å². The standard InChI is InChI=1S/C12H15F3N2O2.2ClH/c13-12(14,15)11(17-5-3-16-4-6-17)9-7-8(18)1-2-10(9)19;;/h1-2,7,11,16,18-19H,3-6H2;2*1H/t11-;;/m1../s1. The van der Waals surface area contributed by atoms with Crippen molar-refractivity contribution in [3.63, 3.8) is 0 Å². The van der Waals surface area contributed by atoms with Crippen molar-refractivity contribution in [2.24, 2.45) is 0 Å². The zero-order valence-electron chi connectivity index (χ0n) is 10.9. The van der Waals surface area contributed by atoms with Gasteiger partial charge in [0.05, 0.1) is 0 Å². The fraction of sp³-hybridized carbons (Fsp3) is 0.500. The van der Waals surface area contributed by atoms with Gasteiger partial charge in [0.15, 0.2) is 0 Å². The van der Waals surface area contributed by atoms with Gasteiger partial charge in [0.25, 0.3) is 0 Å². The van der Waals surface area contributed by atoms with Gasteiger partial charge in [0.2, 0.25) is 0 Å². The molecule has 3 N–H and O–H groups in total. The number of phenols is 2. The summed E-state index contributed by atoms with van der Waals surface area (Å²) in [6.45, 7) is 1.40. The highest BCUT2D eigenvalue weighted by Crippen LogP contribution is 2.42. The number of hydrogen-bond acceptors (Lipinski definition) is 4. The number of hydrogen-bond donors (Lipinski definition) is 3. The summed E-state index contributed by atoms with van der Waals surface area (Å²) in [7, 11) is 0. The molecule has 1 aliphatic rings. The van der Waals surface area contributed by atoms with Gasteiger partial charge in [-0.25, -0.2) is 0 Å². The molecule has 0 amide bonds. The Morgan fingerprint density at radius 2 is 1.67 bits per heavy atom. The van der Waals surface area contributed by atoms with Crippen LogP contribution in [-0.2, 0) is 0 Å². The normalized spacial score (nSPS) is 17.5. The predicted octanol–water partition coefficient (Wildman–Crippen LogP) is 2.45. The molecule has 1 fully saturated rings. The van der Waals surface area contributed by atoms with Gasteiger partial charge in [-0.3, -0.25) is 4.90 Å². The van der Waals surface area contributed by atoms with E-state index in [-0.39, 0.29) is 49.2 Å². The van der Waals surface area contributed by atoms with Crippen molar-refractivity contribution in [3.8, 4) is 11.5 Å². The molecule has 0 aliphatic carbocycles. The lowest BCUT2D eigenvalue weighted by molar-refractivity contribution is -0.188. The van der Waals surface area contributed by atoms with E-state index in [4.69, 9.17) is 0 Å². The molecule has 2 rings (SSSR count). The van der Waals surface area contributed by atoms with E-state index in [1.54, 1.807) is 0 Å². The highest BCUT2D eigenvalue weighted by atomic mass is 35.5. The van der Waals surface area contributed by atoms with E-state index in [1.165, 1.54) is 4.90 Å². The summed E-state index contributed by atoms with van der Waals surface area (Å²) >= 11 is 0. The third-order valence-corrected chi connectivity index (χ3v) is 3.13. The highest BCUT2D eigenvalue weighted by molar-refractivity contribution is 5.85. The van der Waals surface area contributed by atoms with Gasteiger partial charge < -0.3 is 15.5 Å². The van der Waals surface area contributed by atoms with E-state index in [9.17, 15) is 23.4 Å². The van der Waals surface area contributed by atoms with Crippen molar-refractivity contribution >= 4 is 24.8 Å². The molecule has 9 heteroatoms. The number of halogens is 5. The Bertz CT molecular complexity index is 455. The first-order valence-electron chi connectivity index (χ1n) is 5.93. The lowest BCUT2D eigenvalue weighted by Gasteiger charge is -2.36. The van der Waals surface area contributed by atoms with Gasteiger partial charge in [0.1, 0.15) is 17.5 Å². The minimum atomic E-state index is -4.51. The number of nitrogens with one attached hydrogen (secondary N) is 1. The number of benzene rings is 1. The maximum atomic E-state index is 13.2. The number of piperazine rings is 1. The summed E-state index contributed by atoms with van der Waals surface area (Å²) in [4.78, 5) is 1.25. The zero-order chi connectivity index (χ0) is 14.0. The molecule has 1 aromatic rings. The molecule has 0 bridgehead atoms. The largest absolute Gasteiger partial charge is 0.508 e. The fourth-order valence-electron chi connectivity index (χ4n) is 2.28. The minimum Gasteiger partial charge on any atom is -0.508 e. The van der Waals surface area contributed by atoms with E-state index in [2.05, 4.69) is 5.32 Å². The SMILES string of the molecule is Cl.Cl.Oc1ccc(O)c([C@@H](N2CCNCC2)C(F)(F)F)c1. The van der Waals surface area contributed by atoms with Crippen LogP contribution in [0.2, 0.25) is 0 Å². The molecule has 0 saturated carbocycles. The first-order chi connectivity index (χ1) is 8.89. The summed E-state index contributed by atoms with van der Waals surface area (Å²) in [6.07, 6.45) is -4.51. The zero-order valence-corrected chi connectivity index (χ0v) is 12.6. The van der Waals surface area contributed by atoms with E-state index in [1.807, 2.05) is 0 Å². The fourth-order valence-corrected chi connectivity index (χ4v) is 2.28. The number of aromatic hydroxyl groups is 2. The molecule has 0 aromatic heterocycles. The molecule has 1 aromatic carbocycles. The molecule has 1 saturated heterocycles. The molecule has 0 radical (unpaired) electrons. The molecule has 21 heavy (non-hydrogen) atoms. The van der Waals surface area contributed by atoms with Crippen LogP contribution in [0.3, 0.4) is 0 Å². The van der Waals surface area contributed by atoms with E-state index in [0.29, 0.717) is 13.1 Å². The van der Waals surface area contributed by atoms with Gasteiger partial charge in [-0.05, 0) is 18.2 Å². The molecule has 1 atom stereocenters. The molecule has 0 spiro atoms. The first-order valence-corrected chi connectivity index (χ1v) is 5.93. The average molecular weight is 349 g/mol. The highest BCUT2D eigenvalue weighted by Gasteiger charge is 2.46. The third-order valence-electron chi connectivity index (χ3n) is 3.13. The van der Waals surface area contributed by atoms with E-state index in [0.717, 1.165) is 18.2 Å². The summed E-state index contributed by atoms with van der Waals surface area (Å²) in [6, 6.07) is 1.30. The molecule has 1 heterocycles. The van der Waals surface area contributed by atoms with E-state index >= 15 is 0 Å². The van der Waals surface area contributed by atoms with Crippen molar-refractivity contribution < 1.29 is 23.4 Å². The van der Waals surface area contributed by atoms with Crippen LogP contribution >= 0.6 is 24.8 Å². The Kier molecular flexibility index (Phi) is 7.60. The van der Waals surface area contributed by atoms with Gasteiger partial charge in [-0.2, -0.15) is 13.2 Å². The number of rotatable bonds is 2. The second-order valence-electron chi connectivity index (χ2n) is 4.47. The Hall–Kier alpha value is -0.890. The van der Waals surface area contributed by atoms with Crippen LogP contribution in [0, 0.1) is 0 Å². The van der Waals surface area contributed by atoms with Crippen molar-refractivity contribution in [2.45, 2.75) is 12.2 Å². The van der Waals surface area contributed by atoms with Gasteiger partial charge in [0, 0.05) is 31.7 Å². The summed E-state index contributed by atoms with van der Waals surface area (Å²) in [5, 5.41) is 22.0. The number of nitrogens with zero attached hydrogens (tertiary/aromatic N) is 1. The van der Waals surface area contributed by atoms with Gasteiger partial charge in [-0.15, -0.1) is 24.8 Å². The molecular formula is C12H17Cl2F3N2O2. The minimum absolute atomic E-state index is 0. The second kappa shape index (κ2) is 7.93. The van der Waals surface area contributed by atoms with Crippen LogP contribution in [0.15, 0.2) is 18.2 Å². The van der Waals surface area contributed by atoms with E-state index < -0.39 is 18.0 Å². The van der Waals surface area contributed by atoms with Crippen molar-refractivity contribution in [2.75, 3.05) is 26.2 Å². The van der Waals surface area contributed by atoms with Crippen LogP contribution < -0.4 is 5.32 Å². The maximum absolute atomic E-state index is 13.2. The monoisotopic (exact) mass is 348 g/mol. The molecule has 1 aliphatic heterocycles.